The van der Waals surface area contributed by atoms with Crippen LogP contribution in [0.15, 0.2) is 52.9 Å². The highest BCUT2D eigenvalue weighted by Crippen LogP contribution is 2.27. The molecule has 1 aromatic carbocycles. The Morgan fingerprint density at radius 1 is 1.19 bits per heavy atom. The summed E-state index contributed by atoms with van der Waals surface area (Å²) in [6.45, 7) is 0. The van der Waals surface area contributed by atoms with Gasteiger partial charge in [0, 0.05) is 18.7 Å². The molecule has 106 valence electrons. The van der Waals surface area contributed by atoms with Crippen LogP contribution in [0.1, 0.15) is 0 Å². The van der Waals surface area contributed by atoms with E-state index in [0.717, 1.165) is 15.7 Å². The summed E-state index contributed by atoms with van der Waals surface area (Å²) >= 11 is 1.40. The van der Waals surface area contributed by atoms with Crippen LogP contribution >= 0.6 is 11.8 Å². The lowest BCUT2D eigenvalue weighted by atomic mass is 10.2. The minimum Gasteiger partial charge on any atom is -0.308 e. The third-order valence-electron chi connectivity index (χ3n) is 2.75. The molecular formula is C13H13N7S. The highest BCUT2D eigenvalue weighted by atomic mass is 32.2. The summed E-state index contributed by atoms with van der Waals surface area (Å²) in [5.74, 6) is 6.64. The summed E-state index contributed by atoms with van der Waals surface area (Å²) in [5.41, 5.74) is 3.49. The first-order valence-corrected chi connectivity index (χ1v) is 7.01. The van der Waals surface area contributed by atoms with E-state index in [9.17, 15) is 0 Å². The summed E-state index contributed by atoms with van der Waals surface area (Å²) in [5, 5.41) is 5.53. The number of nitrogen functional groups attached to an aromatic ring is 1. The van der Waals surface area contributed by atoms with Crippen molar-refractivity contribution in [3.05, 3.63) is 42.7 Å². The van der Waals surface area contributed by atoms with E-state index in [1.807, 2.05) is 37.4 Å². The lowest BCUT2D eigenvalue weighted by Gasteiger charge is -2.07. The van der Waals surface area contributed by atoms with Crippen molar-refractivity contribution in [2.75, 3.05) is 5.43 Å². The molecule has 0 amide bonds. The fraction of sp³-hybridized carbons (Fsp3) is 0.0769. The Balaban J connectivity index is 1.99. The second-order valence-corrected chi connectivity index (χ2v) is 5.18. The number of rotatable bonds is 4. The zero-order valence-corrected chi connectivity index (χ0v) is 12.1. The zero-order valence-electron chi connectivity index (χ0n) is 11.3. The van der Waals surface area contributed by atoms with Crippen LogP contribution in [0.25, 0.3) is 11.4 Å². The molecule has 0 atom stereocenters. The molecule has 0 unspecified atom stereocenters. The van der Waals surface area contributed by atoms with Gasteiger partial charge in [0.2, 0.25) is 0 Å². The van der Waals surface area contributed by atoms with Crippen molar-refractivity contribution in [3.63, 3.8) is 0 Å². The van der Waals surface area contributed by atoms with Crippen LogP contribution in [0.5, 0.6) is 0 Å². The molecule has 21 heavy (non-hydrogen) atoms. The third kappa shape index (κ3) is 3.01. The molecule has 0 spiro atoms. The predicted molar refractivity (Wildman–Crippen MR) is 80.4 cm³/mol. The predicted octanol–water partition coefficient (Wildman–Crippen LogP) is 1.71. The highest BCUT2D eigenvalue weighted by Gasteiger charge is 2.10. The van der Waals surface area contributed by atoms with Crippen molar-refractivity contribution in [2.24, 2.45) is 12.9 Å². The van der Waals surface area contributed by atoms with Gasteiger partial charge >= 0.3 is 0 Å². The Labute approximate surface area is 125 Å². The summed E-state index contributed by atoms with van der Waals surface area (Å²) in [7, 11) is 1.83. The fourth-order valence-corrected chi connectivity index (χ4v) is 2.51. The van der Waals surface area contributed by atoms with Crippen LogP contribution in [0.2, 0.25) is 0 Å². The van der Waals surface area contributed by atoms with Gasteiger partial charge in [0.15, 0.2) is 11.0 Å². The maximum atomic E-state index is 5.49. The molecule has 0 bridgehead atoms. The first kappa shape index (κ1) is 13.5. The quantitative estimate of drug-likeness (QED) is 0.430. The number of aryl methyl sites for hydroxylation is 1. The number of hydrazine groups is 1. The zero-order chi connectivity index (χ0) is 14.7. The Hall–Kier alpha value is -2.45. The Morgan fingerprint density at radius 2 is 2.00 bits per heavy atom. The van der Waals surface area contributed by atoms with Gasteiger partial charge in [-0.3, -0.25) is 0 Å². The van der Waals surface area contributed by atoms with E-state index >= 15 is 0 Å². The molecular weight excluding hydrogens is 286 g/mol. The molecule has 0 aliphatic carbocycles. The number of hydrogen-bond acceptors (Lipinski definition) is 7. The lowest BCUT2D eigenvalue weighted by molar-refractivity contribution is 0.684. The van der Waals surface area contributed by atoms with Crippen LogP contribution in [-0.2, 0) is 7.05 Å². The molecule has 2 aromatic heterocycles. The van der Waals surface area contributed by atoms with Crippen molar-refractivity contribution in [3.8, 4) is 11.4 Å². The van der Waals surface area contributed by atoms with E-state index in [-0.39, 0.29) is 0 Å². The van der Waals surface area contributed by atoms with Crippen LogP contribution in [0, 0.1) is 0 Å². The summed E-state index contributed by atoms with van der Waals surface area (Å²) in [4.78, 5) is 13.1. The molecule has 0 saturated heterocycles. The standard InChI is InChI=1S/C13H13N7S/c1-20-13(15-8-16-20)21-11-7-10(19-14)17-12(18-11)9-5-3-2-4-6-9/h2-8H,14H2,1H3,(H,17,18,19). The van der Waals surface area contributed by atoms with Crippen LogP contribution in [-0.4, -0.2) is 24.7 Å². The number of benzene rings is 1. The number of nitrogens with two attached hydrogens (primary N) is 1. The van der Waals surface area contributed by atoms with Gasteiger partial charge in [0.25, 0.3) is 0 Å². The third-order valence-corrected chi connectivity index (χ3v) is 3.72. The number of anilines is 1. The van der Waals surface area contributed by atoms with E-state index in [1.54, 1.807) is 10.7 Å². The SMILES string of the molecule is Cn1ncnc1Sc1cc(NN)nc(-c2ccccc2)n1. The molecule has 0 radical (unpaired) electrons. The van der Waals surface area contributed by atoms with Gasteiger partial charge in [-0.2, -0.15) is 5.10 Å². The van der Waals surface area contributed by atoms with E-state index in [2.05, 4.69) is 25.5 Å². The Morgan fingerprint density at radius 3 is 2.67 bits per heavy atom. The topological polar surface area (TPSA) is 94.5 Å². The largest absolute Gasteiger partial charge is 0.308 e. The average Bonchev–Trinajstić information content (AvgIpc) is 2.93. The number of nitrogens with one attached hydrogen (secondary N) is 1. The molecule has 0 aliphatic heterocycles. The Bertz CT molecular complexity index is 741. The normalized spacial score (nSPS) is 10.6. The molecule has 0 aliphatic rings. The van der Waals surface area contributed by atoms with E-state index in [0.29, 0.717) is 11.6 Å². The van der Waals surface area contributed by atoms with E-state index < -0.39 is 0 Å². The number of nitrogens with zero attached hydrogens (tertiary/aromatic N) is 5. The smallest absolute Gasteiger partial charge is 0.192 e. The van der Waals surface area contributed by atoms with Crippen molar-refractivity contribution in [1.82, 2.24) is 24.7 Å². The van der Waals surface area contributed by atoms with Crippen LogP contribution in [0.3, 0.4) is 0 Å². The molecule has 0 saturated carbocycles. The monoisotopic (exact) mass is 299 g/mol. The second-order valence-electron chi connectivity index (χ2n) is 4.19. The van der Waals surface area contributed by atoms with Gasteiger partial charge in [0.05, 0.1) is 0 Å². The number of hydrogen-bond donors (Lipinski definition) is 2. The first-order chi connectivity index (χ1) is 10.3. The Kier molecular flexibility index (Phi) is 3.80. The molecule has 3 rings (SSSR count). The second kappa shape index (κ2) is 5.90. The van der Waals surface area contributed by atoms with Gasteiger partial charge in [-0.25, -0.2) is 25.5 Å². The van der Waals surface area contributed by atoms with Gasteiger partial charge in [-0.05, 0) is 11.8 Å². The van der Waals surface area contributed by atoms with Crippen LogP contribution < -0.4 is 11.3 Å². The van der Waals surface area contributed by atoms with Crippen LogP contribution in [0.4, 0.5) is 5.82 Å². The van der Waals surface area contributed by atoms with Crippen molar-refractivity contribution in [1.29, 1.82) is 0 Å². The summed E-state index contributed by atoms with van der Waals surface area (Å²) in [6.07, 6.45) is 1.50. The van der Waals surface area contributed by atoms with Gasteiger partial charge in [-0.1, -0.05) is 30.3 Å². The van der Waals surface area contributed by atoms with Gasteiger partial charge in [0.1, 0.15) is 17.2 Å². The maximum Gasteiger partial charge on any atom is 0.192 e. The van der Waals surface area contributed by atoms with Crippen molar-refractivity contribution in [2.45, 2.75) is 10.2 Å². The lowest BCUT2D eigenvalue weighted by Crippen LogP contribution is -2.09. The first-order valence-electron chi connectivity index (χ1n) is 6.19. The van der Waals surface area contributed by atoms with Gasteiger partial charge in [-0.15, -0.1) is 0 Å². The molecule has 7 nitrogen and oxygen atoms in total. The minimum absolute atomic E-state index is 0.550. The molecule has 0 fully saturated rings. The van der Waals surface area contributed by atoms with Crippen molar-refractivity contribution >= 4 is 17.6 Å². The molecule has 2 heterocycles. The minimum atomic E-state index is 0.550. The molecule has 3 N–H and O–H groups in total. The summed E-state index contributed by atoms with van der Waals surface area (Å²) in [6, 6.07) is 11.5. The number of aromatic nitrogens is 5. The molecule has 3 aromatic rings. The van der Waals surface area contributed by atoms with Gasteiger partial charge < -0.3 is 5.43 Å². The summed E-state index contributed by atoms with van der Waals surface area (Å²) < 4.78 is 1.69. The van der Waals surface area contributed by atoms with E-state index in [1.165, 1.54) is 18.1 Å². The van der Waals surface area contributed by atoms with E-state index in [4.69, 9.17) is 5.84 Å². The average molecular weight is 299 g/mol. The fourth-order valence-electron chi connectivity index (χ4n) is 1.74. The highest BCUT2D eigenvalue weighted by molar-refractivity contribution is 7.99. The van der Waals surface area contributed by atoms with Crippen molar-refractivity contribution < 1.29 is 0 Å². The molecule has 8 heteroatoms. The maximum absolute atomic E-state index is 5.49.